The van der Waals surface area contributed by atoms with Crippen molar-refractivity contribution in [2.24, 2.45) is 0 Å². The maximum absolute atomic E-state index is 12.5. The van der Waals surface area contributed by atoms with Crippen LogP contribution in [0, 0.1) is 13.8 Å². The number of rotatable bonds is 6. The molecule has 3 aromatic rings. The van der Waals surface area contributed by atoms with Gasteiger partial charge < -0.3 is 5.32 Å². The van der Waals surface area contributed by atoms with E-state index in [0.717, 1.165) is 22.6 Å². The summed E-state index contributed by atoms with van der Waals surface area (Å²) >= 11 is 7.91. The molecule has 1 fully saturated rings. The van der Waals surface area contributed by atoms with Crippen LogP contribution in [-0.2, 0) is 13.1 Å². The van der Waals surface area contributed by atoms with Gasteiger partial charge in [0.25, 0.3) is 5.91 Å². The van der Waals surface area contributed by atoms with Crippen LogP contribution >= 0.6 is 22.9 Å². The number of thiazole rings is 1. The summed E-state index contributed by atoms with van der Waals surface area (Å²) in [5, 5.41) is 11.3. The molecule has 1 aliphatic carbocycles. The van der Waals surface area contributed by atoms with Crippen LogP contribution < -0.4 is 5.32 Å². The first kappa shape index (κ1) is 18.2. The number of halogens is 1. The van der Waals surface area contributed by atoms with E-state index < -0.39 is 0 Å². The maximum atomic E-state index is 12.5. The van der Waals surface area contributed by atoms with Gasteiger partial charge in [0.05, 0.1) is 40.2 Å². The Morgan fingerprint density at radius 2 is 2.19 bits per heavy atom. The lowest BCUT2D eigenvalue weighted by atomic mass is 10.1. The van der Waals surface area contributed by atoms with E-state index in [-0.39, 0.29) is 5.91 Å². The van der Waals surface area contributed by atoms with Crippen molar-refractivity contribution in [1.29, 1.82) is 0 Å². The smallest absolute Gasteiger partial charge is 0.251 e. The highest BCUT2D eigenvalue weighted by molar-refractivity contribution is 7.09. The van der Waals surface area contributed by atoms with Gasteiger partial charge in [-0.2, -0.15) is 5.10 Å². The summed E-state index contributed by atoms with van der Waals surface area (Å²) in [5.74, 6) is 0.559. The third kappa shape index (κ3) is 4.06. The van der Waals surface area contributed by atoms with Gasteiger partial charge in [-0.05, 0) is 44.4 Å². The quantitative estimate of drug-likeness (QED) is 0.664. The molecule has 2 aromatic heterocycles. The van der Waals surface area contributed by atoms with Gasteiger partial charge in [-0.3, -0.25) is 9.48 Å². The maximum Gasteiger partial charge on any atom is 0.251 e. The second-order valence-corrected chi connectivity index (χ2v) is 8.24. The molecule has 1 N–H and O–H groups in total. The van der Waals surface area contributed by atoms with Gasteiger partial charge in [-0.1, -0.05) is 23.7 Å². The predicted octanol–water partition coefficient (Wildman–Crippen LogP) is 4.47. The van der Waals surface area contributed by atoms with E-state index in [2.05, 4.69) is 15.4 Å². The van der Waals surface area contributed by atoms with Crippen molar-refractivity contribution >= 4 is 28.8 Å². The summed E-state index contributed by atoms with van der Waals surface area (Å²) in [6, 6.07) is 7.61. The average Bonchev–Trinajstić information content (AvgIpc) is 3.37. The Labute approximate surface area is 167 Å². The Morgan fingerprint density at radius 1 is 1.37 bits per heavy atom. The first-order valence-electron chi connectivity index (χ1n) is 9.02. The molecule has 5 nitrogen and oxygen atoms in total. The fourth-order valence-corrected chi connectivity index (χ4v) is 4.13. The van der Waals surface area contributed by atoms with Gasteiger partial charge in [0.2, 0.25) is 0 Å². The molecule has 0 bridgehead atoms. The summed E-state index contributed by atoms with van der Waals surface area (Å²) in [6.45, 7) is 4.88. The van der Waals surface area contributed by atoms with Crippen LogP contribution in [0.2, 0.25) is 5.02 Å². The molecule has 1 aromatic carbocycles. The van der Waals surface area contributed by atoms with Crippen molar-refractivity contribution in [2.75, 3.05) is 0 Å². The lowest BCUT2D eigenvalue weighted by molar-refractivity contribution is 0.0950. The lowest BCUT2D eigenvalue weighted by Crippen LogP contribution is -2.23. The van der Waals surface area contributed by atoms with E-state index in [0.29, 0.717) is 29.6 Å². The summed E-state index contributed by atoms with van der Waals surface area (Å²) in [5.41, 5.74) is 4.33. The first-order chi connectivity index (χ1) is 13.0. The molecule has 0 spiro atoms. The van der Waals surface area contributed by atoms with Gasteiger partial charge in [0.1, 0.15) is 0 Å². The second-order valence-electron chi connectivity index (χ2n) is 6.98. The van der Waals surface area contributed by atoms with Crippen molar-refractivity contribution in [1.82, 2.24) is 20.1 Å². The Balaban J connectivity index is 1.41. The molecule has 0 atom stereocenters. The fourth-order valence-electron chi connectivity index (χ4n) is 3.01. The zero-order chi connectivity index (χ0) is 19.0. The zero-order valence-electron chi connectivity index (χ0n) is 15.3. The lowest BCUT2D eigenvalue weighted by Gasteiger charge is -2.08. The first-order valence-corrected chi connectivity index (χ1v) is 10.3. The van der Waals surface area contributed by atoms with Crippen molar-refractivity contribution in [3.05, 3.63) is 67.9 Å². The average molecular weight is 401 g/mol. The normalized spacial score (nSPS) is 13.7. The van der Waals surface area contributed by atoms with Crippen LogP contribution in [0.5, 0.6) is 0 Å². The van der Waals surface area contributed by atoms with Crippen molar-refractivity contribution in [2.45, 2.75) is 45.7 Å². The van der Waals surface area contributed by atoms with E-state index in [1.807, 2.05) is 48.2 Å². The minimum atomic E-state index is -0.0933. The molecule has 140 valence electrons. The highest BCUT2D eigenvalue weighted by atomic mass is 35.5. The minimum Gasteiger partial charge on any atom is -0.346 e. The van der Waals surface area contributed by atoms with Gasteiger partial charge in [0.15, 0.2) is 0 Å². The highest BCUT2D eigenvalue weighted by Crippen LogP contribution is 2.41. The molecular weight excluding hydrogens is 380 g/mol. The van der Waals surface area contributed by atoms with Crippen molar-refractivity contribution < 1.29 is 4.79 Å². The topological polar surface area (TPSA) is 59.8 Å². The highest BCUT2D eigenvalue weighted by Gasteiger charge is 2.26. The molecule has 4 rings (SSSR count). The fraction of sp³-hybridized carbons (Fsp3) is 0.350. The third-order valence-electron chi connectivity index (χ3n) is 4.74. The van der Waals surface area contributed by atoms with E-state index >= 15 is 0 Å². The SMILES string of the molecule is Cc1nn(Cc2cccc(C(=O)NCc3csc(C4CC4)n3)c2)c(C)c1Cl. The largest absolute Gasteiger partial charge is 0.346 e. The molecule has 0 aliphatic heterocycles. The van der Waals surface area contributed by atoms with Gasteiger partial charge in [-0.15, -0.1) is 11.3 Å². The molecule has 2 heterocycles. The van der Waals surface area contributed by atoms with Crippen LogP contribution in [0.1, 0.15) is 56.8 Å². The number of amides is 1. The molecule has 27 heavy (non-hydrogen) atoms. The Hall–Kier alpha value is -2.18. The Kier molecular flexibility index (Phi) is 5.02. The Bertz CT molecular complexity index is 990. The number of aromatic nitrogens is 3. The monoisotopic (exact) mass is 400 g/mol. The van der Waals surface area contributed by atoms with Crippen molar-refractivity contribution in [3.8, 4) is 0 Å². The van der Waals surface area contributed by atoms with Crippen LogP contribution in [0.25, 0.3) is 0 Å². The minimum absolute atomic E-state index is 0.0933. The third-order valence-corrected chi connectivity index (χ3v) is 6.34. The van der Waals surface area contributed by atoms with Crippen LogP contribution in [0.15, 0.2) is 29.6 Å². The number of aryl methyl sites for hydroxylation is 1. The summed E-state index contributed by atoms with van der Waals surface area (Å²) in [6.07, 6.45) is 2.49. The van der Waals surface area contributed by atoms with Gasteiger partial charge >= 0.3 is 0 Å². The standard InChI is InChI=1S/C20H21ClN4OS/c1-12-18(21)13(2)25(24-12)10-14-4-3-5-16(8-14)19(26)22-9-17-11-27-20(23-17)15-6-7-15/h3-5,8,11,15H,6-7,9-10H2,1-2H3,(H,22,26). The van der Waals surface area contributed by atoms with Crippen LogP contribution in [-0.4, -0.2) is 20.7 Å². The van der Waals surface area contributed by atoms with Crippen molar-refractivity contribution in [3.63, 3.8) is 0 Å². The van der Waals surface area contributed by atoms with E-state index in [9.17, 15) is 4.79 Å². The number of carbonyl (C=O) groups excluding carboxylic acids is 1. The number of hydrogen-bond acceptors (Lipinski definition) is 4. The summed E-state index contributed by atoms with van der Waals surface area (Å²) in [7, 11) is 0. The molecule has 1 aliphatic rings. The molecule has 7 heteroatoms. The molecular formula is C20H21ClN4OS. The summed E-state index contributed by atoms with van der Waals surface area (Å²) in [4.78, 5) is 17.1. The molecule has 1 amide bonds. The van der Waals surface area contributed by atoms with Gasteiger partial charge in [-0.25, -0.2) is 4.98 Å². The van der Waals surface area contributed by atoms with Crippen LogP contribution in [0.4, 0.5) is 0 Å². The molecule has 0 radical (unpaired) electrons. The summed E-state index contributed by atoms with van der Waals surface area (Å²) < 4.78 is 1.86. The van der Waals surface area contributed by atoms with E-state index in [1.165, 1.54) is 17.8 Å². The molecule has 0 saturated heterocycles. The van der Waals surface area contributed by atoms with E-state index in [1.54, 1.807) is 11.3 Å². The van der Waals surface area contributed by atoms with E-state index in [4.69, 9.17) is 11.6 Å². The number of nitrogens with one attached hydrogen (secondary N) is 1. The van der Waals surface area contributed by atoms with Gasteiger partial charge in [0, 0.05) is 16.9 Å². The molecule has 1 saturated carbocycles. The Morgan fingerprint density at radius 3 is 2.89 bits per heavy atom. The number of nitrogens with zero attached hydrogens (tertiary/aromatic N) is 3. The number of hydrogen-bond donors (Lipinski definition) is 1. The zero-order valence-corrected chi connectivity index (χ0v) is 16.9. The second kappa shape index (κ2) is 7.44. The predicted molar refractivity (Wildman–Crippen MR) is 108 cm³/mol. The van der Waals surface area contributed by atoms with Crippen LogP contribution in [0.3, 0.4) is 0 Å². The number of benzene rings is 1. The molecule has 0 unspecified atom stereocenters. The number of carbonyl (C=O) groups is 1.